The Labute approximate surface area is 97.6 Å². The van der Waals surface area contributed by atoms with Crippen LogP contribution in [0, 0.1) is 5.92 Å². The molecule has 2 aliphatic heterocycles. The van der Waals surface area contributed by atoms with Gasteiger partial charge in [-0.05, 0) is 50.0 Å². The van der Waals surface area contributed by atoms with Crippen molar-refractivity contribution in [2.75, 3.05) is 26.7 Å². The number of nitrogens with one attached hydrogen (secondary N) is 1. The van der Waals surface area contributed by atoms with Crippen molar-refractivity contribution in [1.82, 2.24) is 10.2 Å². The smallest absolute Gasteiger partial charge is 0.0388 e. The predicted molar refractivity (Wildman–Crippen MR) is 66.5 cm³/mol. The van der Waals surface area contributed by atoms with E-state index in [4.69, 9.17) is 0 Å². The number of benzene rings is 1. The van der Waals surface area contributed by atoms with E-state index in [2.05, 4.69) is 41.5 Å². The molecule has 2 unspecified atom stereocenters. The van der Waals surface area contributed by atoms with Gasteiger partial charge in [-0.1, -0.05) is 24.3 Å². The standard InChI is InChI=1S/C14H20N2/c1-16-9-7-11-4-2-3-5-13(11)14(16)12-6-8-15-10-12/h2-5,12,14-15H,6-10H2,1H3. The Hall–Kier alpha value is -0.860. The molecule has 0 saturated carbocycles. The van der Waals surface area contributed by atoms with E-state index in [1.54, 1.807) is 11.1 Å². The normalized spacial score (nSPS) is 30.3. The Morgan fingerprint density at radius 1 is 1.31 bits per heavy atom. The quantitative estimate of drug-likeness (QED) is 0.770. The van der Waals surface area contributed by atoms with Crippen LogP contribution in [0.4, 0.5) is 0 Å². The van der Waals surface area contributed by atoms with Gasteiger partial charge >= 0.3 is 0 Å². The Morgan fingerprint density at radius 3 is 3.00 bits per heavy atom. The van der Waals surface area contributed by atoms with Crippen molar-refractivity contribution >= 4 is 0 Å². The van der Waals surface area contributed by atoms with E-state index in [0.29, 0.717) is 6.04 Å². The monoisotopic (exact) mass is 216 g/mol. The molecule has 1 N–H and O–H groups in total. The minimum Gasteiger partial charge on any atom is -0.316 e. The van der Waals surface area contributed by atoms with E-state index >= 15 is 0 Å². The van der Waals surface area contributed by atoms with E-state index in [1.807, 2.05) is 0 Å². The summed E-state index contributed by atoms with van der Waals surface area (Å²) < 4.78 is 0. The summed E-state index contributed by atoms with van der Waals surface area (Å²) in [5.41, 5.74) is 3.14. The second kappa shape index (κ2) is 4.19. The van der Waals surface area contributed by atoms with Gasteiger partial charge in [-0.3, -0.25) is 4.90 Å². The number of hydrogen-bond acceptors (Lipinski definition) is 2. The maximum atomic E-state index is 3.49. The van der Waals surface area contributed by atoms with Crippen molar-refractivity contribution in [3.05, 3.63) is 35.4 Å². The van der Waals surface area contributed by atoms with E-state index in [-0.39, 0.29) is 0 Å². The first-order valence-electron chi connectivity index (χ1n) is 6.35. The van der Waals surface area contributed by atoms with Crippen molar-refractivity contribution < 1.29 is 0 Å². The summed E-state index contributed by atoms with van der Waals surface area (Å²) in [5, 5.41) is 3.49. The molecule has 1 aromatic rings. The summed E-state index contributed by atoms with van der Waals surface area (Å²) >= 11 is 0. The van der Waals surface area contributed by atoms with Crippen LogP contribution in [0.3, 0.4) is 0 Å². The number of hydrogen-bond donors (Lipinski definition) is 1. The lowest BCUT2D eigenvalue weighted by Crippen LogP contribution is -2.37. The van der Waals surface area contributed by atoms with Crippen LogP contribution in [0.1, 0.15) is 23.6 Å². The number of fused-ring (bicyclic) bond motifs is 1. The molecule has 2 heteroatoms. The second-order valence-electron chi connectivity index (χ2n) is 5.13. The van der Waals surface area contributed by atoms with Crippen LogP contribution in [-0.4, -0.2) is 31.6 Å². The van der Waals surface area contributed by atoms with Crippen molar-refractivity contribution in [2.24, 2.45) is 5.92 Å². The third-order valence-corrected chi connectivity index (χ3v) is 4.13. The SMILES string of the molecule is CN1CCc2ccccc2C1C1CCNC1. The van der Waals surface area contributed by atoms with Crippen LogP contribution in [0.25, 0.3) is 0 Å². The van der Waals surface area contributed by atoms with Gasteiger partial charge in [0.05, 0.1) is 0 Å². The van der Waals surface area contributed by atoms with Crippen molar-refractivity contribution in [2.45, 2.75) is 18.9 Å². The molecular formula is C14H20N2. The van der Waals surface area contributed by atoms with Gasteiger partial charge in [0.1, 0.15) is 0 Å². The van der Waals surface area contributed by atoms with Crippen LogP contribution in [0.2, 0.25) is 0 Å². The minimum absolute atomic E-state index is 0.639. The molecule has 2 atom stereocenters. The van der Waals surface area contributed by atoms with E-state index in [1.165, 1.54) is 32.5 Å². The van der Waals surface area contributed by atoms with Crippen LogP contribution in [0.15, 0.2) is 24.3 Å². The van der Waals surface area contributed by atoms with E-state index in [9.17, 15) is 0 Å². The summed E-state index contributed by atoms with van der Waals surface area (Å²) in [6.07, 6.45) is 2.53. The van der Waals surface area contributed by atoms with Gasteiger partial charge in [0.2, 0.25) is 0 Å². The largest absolute Gasteiger partial charge is 0.316 e. The molecule has 1 saturated heterocycles. The maximum absolute atomic E-state index is 3.49. The fourth-order valence-corrected chi connectivity index (χ4v) is 3.28. The third kappa shape index (κ3) is 1.66. The summed E-state index contributed by atoms with van der Waals surface area (Å²) in [4.78, 5) is 2.54. The first kappa shape index (κ1) is 10.3. The van der Waals surface area contributed by atoms with Gasteiger partial charge in [0, 0.05) is 12.6 Å². The maximum Gasteiger partial charge on any atom is 0.0388 e. The Kier molecular flexibility index (Phi) is 2.70. The van der Waals surface area contributed by atoms with Gasteiger partial charge in [-0.15, -0.1) is 0 Å². The molecule has 3 rings (SSSR count). The van der Waals surface area contributed by atoms with E-state index < -0.39 is 0 Å². The van der Waals surface area contributed by atoms with Crippen LogP contribution < -0.4 is 5.32 Å². The molecule has 86 valence electrons. The average molecular weight is 216 g/mol. The van der Waals surface area contributed by atoms with Crippen molar-refractivity contribution in [3.8, 4) is 0 Å². The number of nitrogens with zero attached hydrogens (tertiary/aromatic N) is 1. The molecule has 1 aromatic carbocycles. The van der Waals surface area contributed by atoms with Gasteiger partial charge in [-0.25, -0.2) is 0 Å². The Balaban J connectivity index is 1.96. The molecule has 0 radical (unpaired) electrons. The highest BCUT2D eigenvalue weighted by atomic mass is 15.1. The zero-order valence-electron chi connectivity index (χ0n) is 9.95. The fraction of sp³-hybridized carbons (Fsp3) is 0.571. The molecule has 2 nitrogen and oxygen atoms in total. The first-order valence-corrected chi connectivity index (χ1v) is 6.35. The predicted octanol–water partition coefficient (Wildman–Crippen LogP) is 1.83. The van der Waals surface area contributed by atoms with Gasteiger partial charge in [0.25, 0.3) is 0 Å². The summed E-state index contributed by atoms with van der Waals surface area (Å²) in [7, 11) is 2.28. The molecule has 1 fully saturated rings. The molecule has 2 aliphatic rings. The average Bonchev–Trinajstić information content (AvgIpc) is 2.82. The van der Waals surface area contributed by atoms with Crippen LogP contribution >= 0.6 is 0 Å². The van der Waals surface area contributed by atoms with Gasteiger partial charge in [-0.2, -0.15) is 0 Å². The zero-order chi connectivity index (χ0) is 11.0. The minimum atomic E-state index is 0.639. The third-order valence-electron chi connectivity index (χ3n) is 4.13. The lowest BCUT2D eigenvalue weighted by molar-refractivity contribution is 0.172. The molecule has 0 aliphatic carbocycles. The molecule has 16 heavy (non-hydrogen) atoms. The molecule has 0 amide bonds. The summed E-state index contributed by atoms with van der Waals surface area (Å²) in [5.74, 6) is 0.798. The summed E-state index contributed by atoms with van der Waals surface area (Å²) in [6, 6.07) is 9.63. The highest BCUT2D eigenvalue weighted by Gasteiger charge is 2.32. The highest BCUT2D eigenvalue weighted by molar-refractivity contribution is 5.33. The topological polar surface area (TPSA) is 15.3 Å². The number of likely N-dealkylation sites (N-methyl/N-ethyl adjacent to an activating group) is 1. The van der Waals surface area contributed by atoms with Crippen molar-refractivity contribution in [1.29, 1.82) is 0 Å². The lowest BCUT2D eigenvalue weighted by atomic mass is 9.84. The van der Waals surface area contributed by atoms with Gasteiger partial charge in [0.15, 0.2) is 0 Å². The fourth-order valence-electron chi connectivity index (χ4n) is 3.28. The second-order valence-corrected chi connectivity index (χ2v) is 5.13. The summed E-state index contributed by atoms with van der Waals surface area (Å²) in [6.45, 7) is 3.58. The lowest BCUT2D eigenvalue weighted by Gasteiger charge is -2.38. The molecule has 2 heterocycles. The number of rotatable bonds is 1. The Morgan fingerprint density at radius 2 is 2.19 bits per heavy atom. The van der Waals surface area contributed by atoms with Crippen molar-refractivity contribution in [3.63, 3.8) is 0 Å². The highest BCUT2D eigenvalue weighted by Crippen LogP contribution is 2.36. The van der Waals surface area contributed by atoms with E-state index in [0.717, 1.165) is 5.92 Å². The van der Waals surface area contributed by atoms with Gasteiger partial charge < -0.3 is 5.32 Å². The molecule has 0 aromatic heterocycles. The molecule has 0 bridgehead atoms. The molecule has 0 spiro atoms. The first-order chi connectivity index (χ1) is 7.86. The van der Waals surface area contributed by atoms with Crippen LogP contribution in [0.5, 0.6) is 0 Å². The van der Waals surface area contributed by atoms with Crippen LogP contribution in [-0.2, 0) is 6.42 Å². The molecular weight excluding hydrogens is 196 g/mol. The zero-order valence-corrected chi connectivity index (χ0v) is 9.95. The Bertz CT molecular complexity index is 369.